The maximum atomic E-state index is 10.8. The minimum atomic E-state index is -1.27. The van der Waals surface area contributed by atoms with E-state index in [9.17, 15) is 25.5 Å². The van der Waals surface area contributed by atoms with Crippen LogP contribution in [0.25, 0.3) is 0 Å². The molecule has 1 aliphatic carbocycles. The van der Waals surface area contributed by atoms with Gasteiger partial charge >= 0.3 is 0 Å². The Morgan fingerprint density at radius 3 is 1.60 bits per heavy atom. The maximum absolute atomic E-state index is 10.8. The lowest BCUT2D eigenvalue weighted by molar-refractivity contribution is -0.0623. The third-order valence-corrected chi connectivity index (χ3v) is 10.3. The summed E-state index contributed by atoms with van der Waals surface area (Å²) in [4.78, 5) is 0. The summed E-state index contributed by atoms with van der Waals surface area (Å²) in [7, 11) is 0. The van der Waals surface area contributed by atoms with Gasteiger partial charge in [0.1, 0.15) is 12.2 Å². The van der Waals surface area contributed by atoms with E-state index in [4.69, 9.17) is 12.2 Å². The van der Waals surface area contributed by atoms with Crippen molar-refractivity contribution in [2.24, 2.45) is 0 Å². The minimum Gasteiger partial charge on any atom is -0.393 e. The van der Waals surface area contributed by atoms with E-state index >= 15 is 0 Å². The zero-order valence-corrected chi connectivity index (χ0v) is 31.7. The van der Waals surface area contributed by atoms with Crippen LogP contribution in [0, 0.1) is 0 Å². The number of rotatable bonds is 31. The Morgan fingerprint density at radius 2 is 1.15 bits per heavy atom. The number of aliphatic hydroxyl groups excluding tert-OH is 5. The molecular weight excluding hydrogens is 623 g/mol. The van der Waals surface area contributed by atoms with Crippen LogP contribution in [0.15, 0.2) is 12.2 Å². The number of unbranched alkanes of at least 4 members (excludes halogenated alkanes) is 21. The molecule has 1 aliphatic rings. The Balaban J connectivity index is 2.06. The Bertz CT molecular complexity index is 776. The number of nitrogens with one attached hydrogen (secondary N) is 3. The lowest BCUT2D eigenvalue weighted by atomic mass is 10.0. The van der Waals surface area contributed by atoms with Crippen molar-refractivity contribution in [2.45, 2.75) is 217 Å². The SMILES string of the molecule is CCCCCCCCCCCCCCCCCCCCCCCCNC(=S)NC(CNC1C=CCC(O)C(O)C1O)C(O)CC(O)CC. The second kappa shape index (κ2) is 31.0. The molecule has 7 unspecified atom stereocenters. The van der Waals surface area contributed by atoms with E-state index in [1.165, 1.54) is 128 Å². The predicted octanol–water partition coefficient (Wildman–Crippen LogP) is 6.94. The van der Waals surface area contributed by atoms with Gasteiger partial charge in [0, 0.05) is 19.5 Å². The first-order valence-electron chi connectivity index (χ1n) is 20.1. The van der Waals surface area contributed by atoms with Gasteiger partial charge in [-0.15, -0.1) is 0 Å². The van der Waals surface area contributed by atoms with Crippen LogP contribution in [0.4, 0.5) is 0 Å². The van der Waals surface area contributed by atoms with E-state index in [2.05, 4.69) is 22.9 Å². The molecule has 9 heteroatoms. The molecule has 0 aromatic carbocycles. The highest BCUT2D eigenvalue weighted by molar-refractivity contribution is 7.80. The summed E-state index contributed by atoms with van der Waals surface area (Å²) in [6.45, 7) is 5.15. The molecule has 0 heterocycles. The molecule has 7 atom stereocenters. The summed E-state index contributed by atoms with van der Waals surface area (Å²) < 4.78 is 0. The molecule has 0 spiro atoms. The monoisotopic (exact) mass is 700 g/mol. The topological polar surface area (TPSA) is 137 Å². The Kier molecular flexibility index (Phi) is 29.2. The first-order valence-corrected chi connectivity index (χ1v) is 20.6. The molecule has 0 fully saturated rings. The van der Waals surface area contributed by atoms with Gasteiger partial charge in [-0.1, -0.05) is 161 Å². The van der Waals surface area contributed by atoms with Gasteiger partial charge in [-0.2, -0.15) is 0 Å². The summed E-state index contributed by atoms with van der Waals surface area (Å²) in [5, 5.41) is 61.5. The van der Waals surface area contributed by atoms with Crippen LogP contribution < -0.4 is 16.0 Å². The molecule has 0 radical (unpaired) electrons. The Morgan fingerprint density at radius 1 is 0.688 bits per heavy atom. The van der Waals surface area contributed by atoms with Crippen LogP contribution in [0.1, 0.15) is 174 Å². The van der Waals surface area contributed by atoms with Crippen molar-refractivity contribution in [1.82, 2.24) is 16.0 Å². The maximum Gasteiger partial charge on any atom is 0.166 e. The van der Waals surface area contributed by atoms with E-state index in [1.54, 1.807) is 12.2 Å². The standard InChI is InChI=1S/C39H77N3O5S/c1-3-5-6-7-8-9-10-11-12-13-14-15-16-17-18-19-20-21-22-23-24-25-29-40-39(48)42-34(36(45)30-32(43)4-2)31-41-33-27-26-28-35(44)38(47)37(33)46/h26-27,32-38,41,43-47H,3-25,28-31H2,1-2H3,(H2,40,42,48). The van der Waals surface area contributed by atoms with Gasteiger partial charge in [0.15, 0.2) is 5.11 Å². The van der Waals surface area contributed by atoms with E-state index in [0.717, 1.165) is 19.4 Å². The van der Waals surface area contributed by atoms with E-state index in [1.807, 2.05) is 6.92 Å². The van der Waals surface area contributed by atoms with Crippen LogP contribution in [-0.4, -0.2) is 86.3 Å². The van der Waals surface area contributed by atoms with Crippen LogP contribution in [0.3, 0.4) is 0 Å². The number of aliphatic hydroxyl groups is 5. The zero-order chi connectivity index (χ0) is 35.2. The van der Waals surface area contributed by atoms with Crippen molar-refractivity contribution in [2.75, 3.05) is 13.1 Å². The van der Waals surface area contributed by atoms with Gasteiger partial charge in [0.2, 0.25) is 0 Å². The number of thiocarbonyl (C=S) groups is 1. The lowest BCUT2D eigenvalue weighted by Gasteiger charge is -2.31. The van der Waals surface area contributed by atoms with Gasteiger partial charge in [-0.05, 0) is 31.5 Å². The third kappa shape index (κ3) is 23.6. The fourth-order valence-electron chi connectivity index (χ4n) is 6.56. The van der Waals surface area contributed by atoms with Gasteiger partial charge in [0.25, 0.3) is 0 Å². The highest BCUT2D eigenvalue weighted by Crippen LogP contribution is 2.17. The number of hydrogen-bond donors (Lipinski definition) is 8. The van der Waals surface area contributed by atoms with Gasteiger partial charge in [-0.25, -0.2) is 0 Å². The van der Waals surface area contributed by atoms with Gasteiger partial charge in [-0.3, -0.25) is 0 Å². The molecule has 0 amide bonds. The fourth-order valence-corrected chi connectivity index (χ4v) is 6.81. The van der Waals surface area contributed by atoms with E-state index in [0.29, 0.717) is 11.5 Å². The molecular formula is C39H77N3O5S. The van der Waals surface area contributed by atoms with Crippen molar-refractivity contribution in [1.29, 1.82) is 0 Å². The van der Waals surface area contributed by atoms with Crippen molar-refractivity contribution >= 4 is 17.3 Å². The molecule has 284 valence electrons. The van der Waals surface area contributed by atoms with E-state index in [-0.39, 0.29) is 19.4 Å². The van der Waals surface area contributed by atoms with Gasteiger partial charge < -0.3 is 41.5 Å². The normalized spacial score (nSPS) is 21.5. The van der Waals surface area contributed by atoms with Crippen LogP contribution >= 0.6 is 12.2 Å². The molecule has 8 N–H and O–H groups in total. The second-order valence-electron chi connectivity index (χ2n) is 14.4. The fraction of sp³-hybridized carbons (Fsp3) is 0.923. The molecule has 0 aromatic rings. The van der Waals surface area contributed by atoms with Crippen LogP contribution in [0.2, 0.25) is 0 Å². The molecule has 1 rings (SSSR count). The molecule has 0 bridgehead atoms. The molecule has 48 heavy (non-hydrogen) atoms. The largest absolute Gasteiger partial charge is 0.393 e. The summed E-state index contributed by atoms with van der Waals surface area (Å²) in [5.41, 5.74) is 0. The zero-order valence-electron chi connectivity index (χ0n) is 30.9. The van der Waals surface area contributed by atoms with Crippen molar-refractivity contribution in [3.63, 3.8) is 0 Å². The Hall–Kier alpha value is -0.810. The van der Waals surface area contributed by atoms with Crippen molar-refractivity contribution in [3.05, 3.63) is 12.2 Å². The highest BCUT2D eigenvalue weighted by Gasteiger charge is 2.32. The quantitative estimate of drug-likeness (QED) is 0.0220. The minimum absolute atomic E-state index is 0.197. The summed E-state index contributed by atoms with van der Waals surface area (Å²) in [5.74, 6) is 0. The lowest BCUT2D eigenvalue weighted by Crippen LogP contribution is -2.56. The Labute approximate surface area is 300 Å². The average molecular weight is 700 g/mol. The predicted molar refractivity (Wildman–Crippen MR) is 205 cm³/mol. The van der Waals surface area contributed by atoms with Gasteiger partial charge in [0.05, 0.1) is 30.4 Å². The van der Waals surface area contributed by atoms with Crippen LogP contribution in [-0.2, 0) is 0 Å². The second-order valence-corrected chi connectivity index (χ2v) is 14.9. The number of hydrogen-bond acceptors (Lipinski definition) is 7. The highest BCUT2D eigenvalue weighted by atomic mass is 32.1. The molecule has 0 aliphatic heterocycles. The molecule has 8 nitrogen and oxygen atoms in total. The summed E-state index contributed by atoms with van der Waals surface area (Å²) in [6, 6.07) is -1.10. The summed E-state index contributed by atoms with van der Waals surface area (Å²) in [6.07, 6.45) is 29.6. The third-order valence-electron chi connectivity index (χ3n) is 9.99. The van der Waals surface area contributed by atoms with Crippen molar-refractivity contribution < 1.29 is 25.5 Å². The first kappa shape index (κ1) is 45.2. The average Bonchev–Trinajstić information content (AvgIpc) is 3.19. The molecule has 0 saturated heterocycles. The first-order chi connectivity index (χ1) is 23.3. The smallest absolute Gasteiger partial charge is 0.166 e. The molecule has 0 aromatic heterocycles. The summed E-state index contributed by atoms with van der Waals surface area (Å²) >= 11 is 5.51. The van der Waals surface area contributed by atoms with Crippen molar-refractivity contribution in [3.8, 4) is 0 Å². The van der Waals surface area contributed by atoms with E-state index < -0.39 is 42.6 Å². The van der Waals surface area contributed by atoms with Crippen LogP contribution in [0.5, 0.6) is 0 Å². The molecule has 0 saturated carbocycles.